The SMILES string of the molecule is CC1(CNC(=O)c2c(N)cccc2Cl)CCCC1. The highest BCUT2D eigenvalue weighted by molar-refractivity contribution is 6.34. The first-order valence-electron chi connectivity index (χ1n) is 6.34. The third-order valence-corrected chi connectivity index (χ3v) is 4.07. The van der Waals surface area contributed by atoms with Crippen LogP contribution in [0.2, 0.25) is 5.02 Å². The van der Waals surface area contributed by atoms with Crippen LogP contribution in [-0.4, -0.2) is 12.5 Å². The van der Waals surface area contributed by atoms with Gasteiger partial charge >= 0.3 is 0 Å². The monoisotopic (exact) mass is 266 g/mol. The molecule has 1 saturated carbocycles. The fraction of sp³-hybridized carbons (Fsp3) is 0.500. The summed E-state index contributed by atoms with van der Waals surface area (Å²) in [6.45, 7) is 2.91. The van der Waals surface area contributed by atoms with Crippen LogP contribution in [0.1, 0.15) is 43.0 Å². The summed E-state index contributed by atoms with van der Waals surface area (Å²) in [5.74, 6) is -0.175. The van der Waals surface area contributed by atoms with Crippen LogP contribution in [0.4, 0.5) is 5.69 Å². The van der Waals surface area contributed by atoms with Crippen LogP contribution >= 0.6 is 11.6 Å². The molecule has 1 aromatic rings. The molecule has 0 unspecified atom stereocenters. The minimum Gasteiger partial charge on any atom is -0.398 e. The Kier molecular flexibility index (Phi) is 3.81. The van der Waals surface area contributed by atoms with E-state index in [1.807, 2.05) is 0 Å². The van der Waals surface area contributed by atoms with E-state index >= 15 is 0 Å². The molecule has 0 aromatic heterocycles. The summed E-state index contributed by atoms with van der Waals surface area (Å²) < 4.78 is 0. The zero-order chi connectivity index (χ0) is 13.2. The lowest BCUT2D eigenvalue weighted by molar-refractivity contribution is 0.0935. The number of rotatable bonds is 3. The van der Waals surface area contributed by atoms with Crippen LogP contribution in [0.3, 0.4) is 0 Å². The molecule has 1 fully saturated rings. The van der Waals surface area contributed by atoms with Gasteiger partial charge in [-0.1, -0.05) is 37.4 Å². The molecule has 1 aliphatic rings. The maximum absolute atomic E-state index is 12.1. The normalized spacial score (nSPS) is 17.7. The summed E-state index contributed by atoms with van der Waals surface area (Å²) in [5, 5.41) is 3.37. The molecule has 1 aliphatic carbocycles. The summed E-state index contributed by atoms with van der Waals surface area (Å²) in [6, 6.07) is 5.12. The quantitative estimate of drug-likeness (QED) is 0.826. The van der Waals surface area contributed by atoms with Crippen molar-refractivity contribution in [3.63, 3.8) is 0 Å². The Morgan fingerprint density at radius 3 is 2.72 bits per heavy atom. The molecule has 1 aromatic carbocycles. The number of nitrogen functional groups attached to an aromatic ring is 1. The van der Waals surface area contributed by atoms with Gasteiger partial charge in [0.25, 0.3) is 5.91 Å². The number of halogens is 1. The summed E-state index contributed by atoms with van der Waals surface area (Å²) in [5.41, 5.74) is 6.84. The van der Waals surface area contributed by atoms with E-state index in [-0.39, 0.29) is 11.3 Å². The third-order valence-electron chi connectivity index (χ3n) is 3.76. The number of benzene rings is 1. The molecular formula is C14H19ClN2O. The Labute approximate surface area is 113 Å². The first kappa shape index (κ1) is 13.2. The summed E-state index contributed by atoms with van der Waals surface area (Å²) >= 11 is 6.01. The second-order valence-corrected chi connectivity index (χ2v) is 5.81. The highest BCUT2D eigenvalue weighted by atomic mass is 35.5. The van der Waals surface area contributed by atoms with Gasteiger partial charge in [0.05, 0.1) is 10.6 Å². The smallest absolute Gasteiger partial charge is 0.254 e. The predicted octanol–water partition coefficient (Wildman–Crippen LogP) is 3.23. The van der Waals surface area contributed by atoms with Crippen LogP contribution in [0, 0.1) is 5.41 Å². The molecule has 0 aliphatic heterocycles. The van der Waals surface area contributed by atoms with E-state index in [2.05, 4.69) is 12.2 Å². The number of nitrogens with one attached hydrogen (secondary N) is 1. The van der Waals surface area contributed by atoms with Gasteiger partial charge in [0.1, 0.15) is 0 Å². The van der Waals surface area contributed by atoms with Crippen LogP contribution in [0.15, 0.2) is 18.2 Å². The number of anilines is 1. The summed E-state index contributed by atoms with van der Waals surface area (Å²) in [7, 11) is 0. The molecule has 3 nitrogen and oxygen atoms in total. The van der Waals surface area contributed by atoms with Crippen LogP contribution in [0.5, 0.6) is 0 Å². The molecule has 0 spiro atoms. The number of hydrogen-bond acceptors (Lipinski definition) is 2. The number of carbonyl (C=O) groups excluding carboxylic acids is 1. The number of amides is 1. The van der Waals surface area contributed by atoms with Crippen molar-refractivity contribution in [3.8, 4) is 0 Å². The van der Waals surface area contributed by atoms with Crippen LogP contribution in [-0.2, 0) is 0 Å². The fourth-order valence-electron chi connectivity index (χ4n) is 2.57. The Bertz CT molecular complexity index is 433. The van der Waals surface area contributed by atoms with E-state index in [0.717, 1.165) is 0 Å². The zero-order valence-corrected chi connectivity index (χ0v) is 11.4. The lowest BCUT2D eigenvalue weighted by atomic mass is 9.89. The van der Waals surface area contributed by atoms with Crippen molar-refractivity contribution in [2.24, 2.45) is 5.41 Å². The third kappa shape index (κ3) is 2.78. The van der Waals surface area contributed by atoms with E-state index < -0.39 is 0 Å². The Morgan fingerprint density at radius 2 is 2.11 bits per heavy atom. The molecule has 1 amide bonds. The largest absolute Gasteiger partial charge is 0.398 e. The molecular weight excluding hydrogens is 248 g/mol. The summed E-state index contributed by atoms with van der Waals surface area (Å²) in [6.07, 6.45) is 4.85. The van der Waals surface area contributed by atoms with Crippen molar-refractivity contribution in [1.82, 2.24) is 5.32 Å². The van der Waals surface area contributed by atoms with Crippen molar-refractivity contribution < 1.29 is 4.79 Å². The van der Waals surface area contributed by atoms with Crippen molar-refractivity contribution >= 4 is 23.2 Å². The van der Waals surface area contributed by atoms with Gasteiger partial charge in [-0.3, -0.25) is 4.79 Å². The van der Waals surface area contributed by atoms with Crippen LogP contribution in [0.25, 0.3) is 0 Å². The maximum Gasteiger partial charge on any atom is 0.254 e. The molecule has 18 heavy (non-hydrogen) atoms. The standard InChI is InChI=1S/C14H19ClN2O/c1-14(7-2-3-8-14)9-17-13(18)12-10(15)5-4-6-11(12)16/h4-6H,2-3,7-9,16H2,1H3,(H,17,18). The van der Waals surface area contributed by atoms with Crippen molar-refractivity contribution in [1.29, 1.82) is 0 Å². The minimum absolute atomic E-state index is 0.175. The molecule has 98 valence electrons. The second-order valence-electron chi connectivity index (χ2n) is 5.40. The number of hydrogen-bond donors (Lipinski definition) is 2. The second kappa shape index (κ2) is 5.19. The lowest BCUT2D eigenvalue weighted by Gasteiger charge is -2.24. The van der Waals surface area contributed by atoms with Gasteiger partial charge in [-0.15, -0.1) is 0 Å². The van der Waals surface area contributed by atoms with Crippen molar-refractivity contribution in [2.45, 2.75) is 32.6 Å². The molecule has 0 saturated heterocycles. The molecule has 0 atom stereocenters. The zero-order valence-electron chi connectivity index (χ0n) is 10.6. The molecule has 2 rings (SSSR count). The highest BCUT2D eigenvalue weighted by Gasteiger charge is 2.29. The topological polar surface area (TPSA) is 55.1 Å². The summed E-state index contributed by atoms with van der Waals surface area (Å²) in [4.78, 5) is 12.1. The molecule has 0 radical (unpaired) electrons. The Hall–Kier alpha value is -1.22. The molecule has 0 bridgehead atoms. The average molecular weight is 267 g/mol. The first-order valence-corrected chi connectivity index (χ1v) is 6.72. The van der Waals surface area contributed by atoms with E-state index in [4.69, 9.17) is 17.3 Å². The lowest BCUT2D eigenvalue weighted by Crippen LogP contribution is -2.34. The van der Waals surface area contributed by atoms with Gasteiger partial charge < -0.3 is 11.1 Å². The van der Waals surface area contributed by atoms with Gasteiger partial charge in [-0.2, -0.15) is 0 Å². The fourth-order valence-corrected chi connectivity index (χ4v) is 2.84. The molecule has 0 heterocycles. The number of carbonyl (C=O) groups is 1. The van der Waals surface area contributed by atoms with Gasteiger partial charge in [0.2, 0.25) is 0 Å². The average Bonchev–Trinajstić information content (AvgIpc) is 2.74. The van der Waals surface area contributed by atoms with E-state index in [9.17, 15) is 4.79 Å². The van der Waals surface area contributed by atoms with Crippen molar-refractivity contribution in [3.05, 3.63) is 28.8 Å². The number of nitrogens with two attached hydrogens (primary N) is 1. The highest BCUT2D eigenvalue weighted by Crippen LogP contribution is 2.36. The van der Waals surface area contributed by atoms with Gasteiger partial charge in [-0.05, 0) is 30.4 Å². The van der Waals surface area contributed by atoms with Gasteiger partial charge in [0.15, 0.2) is 0 Å². The first-order chi connectivity index (χ1) is 8.52. The Balaban J connectivity index is 2.04. The maximum atomic E-state index is 12.1. The minimum atomic E-state index is -0.175. The van der Waals surface area contributed by atoms with Gasteiger partial charge in [-0.25, -0.2) is 0 Å². The molecule has 4 heteroatoms. The van der Waals surface area contributed by atoms with Crippen LogP contribution < -0.4 is 11.1 Å². The van der Waals surface area contributed by atoms with E-state index in [1.165, 1.54) is 25.7 Å². The van der Waals surface area contributed by atoms with E-state index in [1.54, 1.807) is 18.2 Å². The van der Waals surface area contributed by atoms with Gasteiger partial charge in [0, 0.05) is 12.2 Å². The Morgan fingerprint density at radius 1 is 1.44 bits per heavy atom. The van der Waals surface area contributed by atoms with Crippen molar-refractivity contribution in [2.75, 3.05) is 12.3 Å². The van der Waals surface area contributed by atoms with E-state index in [0.29, 0.717) is 22.8 Å². The molecule has 3 N–H and O–H groups in total. The predicted molar refractivity (Wildman–Crippen MR) is 74.8 cm³/mol.